The summed E-state index contributed by atoms with van der Waals surface area (Å²) in [5.74, 6) is 0.782. The molecule has 0 aliphatic carbocycles. The highest BCUT2D eigenvalue weighted by Crippen LogP contribution is 2.28. The zero-order chi connectivity index (χ0) is 17.8. The minimum absolute atomic E-state index is 0.177. The third-order valence-electron chi connectivity index (χ3n) is 3.78. The fourth-order valence-electron chi connectivity index (χ4n) is 2.44. The highest BCUT2D eigenvalue weighted by Gasteiger charge is 2.19. The average molecular weight is 373 g/mol. The third kappa shape index (κ3) is 4.02. The van der Waals surface area contributed by atoms with Gasteiger partial charge in [0.15, 0.2) is 0 Å². The van der Waals surface area contributed by atoms with Crippen LogP contribution in [0.5, 0.6) is 0 Å². The number of nitrogens with one attached hydrogen (secondary N) is 1. The van der Waals surface area contributed by atoms with Gasteiger partial charge in [0.05, 0.1) is 6.04 Å². The van der Waals surface area contributed by atoms with Crippen molar-refractivity contribution in [3.63, 3.8) is 0 Å². The van der Waals surface area contributed by atoms with Gasteiger partial charge < -0.3 is 14.6 Å². The molecule has 5 nitrogen and oxygen atoms in total. The molecular weight excluding hydrogens is 356 g/mol. The molecule has 0 bridgehead atoms. The Morgan fingerprint density at radius 3 is 2.68 bits per heavy atom. The molecule has 1 N–H and O–H groups in total. The summed E-state index contributed by atoms with van der Waals surface area (Å²) in [6, 6.07) is 13.5. The van der Waals surface area contributed by atoms with Crippen molar-refractivity contribution in [1.82, 2.24) is 9.88 Å². The van der Waals surface area contributed by atoms with Crippen molar-refractivity contribution in [1.29, 1.82) is 5.26 Å². The molecule has 25 heavy (non-hydrogen) atoms. The quantitative estimate of drug-likeness (QED) is 0.682. The number of anilines is 1. The molecular formula is C18H17ClN4OS. The highest BCUT2D eigenvalue weighted by molar-refractivity contribution is 7.10. The largest absolute Gasteiger partial charge is 0.419 e. The Bertz CT molecular complexity index is 866. The van der Waals surface area contributed by atoms with E-state index >= 15 is 0 Å². The lowest BCUT2D eigenvalue weighted by atomic mass is 10.2. The van der Waals surface area contributed by atoms with E-state index in [2.05, 4.69) is 32.7 Å². The lowest BCUT2D eigenvalue weighted by molar-refractivity contribution is 0.315. The van der Waals surface area contributed by atoms with Crippen LogP contribution >= 0.6 is 22.9 Å². The zero-order valence-corrected chi connectivity index (χ0v) is 15.4. The number of rotatable bonds is 6. The van der Waals surface area contributed by atoms with E-state index in [9.17, 15) is 5.26 Å². The van der Waals surface area contributed by atoms with E-state index in [0.717, 1.165) is 5.56 Å². The van der Waals surface area contributed by atoms with Gasteiger partial charge in [0.1, 0.15) is 6.07 Å². The van der Waals surface area contributed by atoms with Crippen molar-refractivity contribution in [3.05, 3.63) is 57.4 Å². The van der Waals surface area contributed by atoms with Crippen molar-refractivity contribution >= 4 is 28.8 Å². The van der Waals surface area contributed by atoms with Gasteiger partial charge in [-0.25, -0.2) is 0 Å². The van der Waals surface area contributed by atoms with E-state index in [1.54, 1.807) is 23.5 Å². The van der Waals surface area contributed by atoms with E-state index < -0.39 is 0 Å². The van der Waals surface area contributed by atoms with E-state index in [0.29, 0.717) is 23.3 Å². The summed E-state index contributed by atoms with van der Waals surface area (Å²) >= 11 is 7.61. The Morgan fingerprint density at radius 1 is 1.32 bits per heavy atom. The molecule has 2 heterocycles. The molecule has 1 atom stereocenters. The second-order valence-electron chi connectivity index (χ2n) is 5.69. The molecule has 128 valence electrons. The number of nitrogens with zero attached hydrogens (tertiary/aromatic N) is 3. The standard InChI is InChI=1S/C18H17ClN4OS/c1-23(2)15(16-4-3-9-25-16)11-21-18-14(10-20)22-17(24-18)12-5-7-13(19)8-6-12/h3-9,15,21H,11H2,1-2H3. The van der Waals surface area contributed by atoms with E-state index in [4.69, 9.17) is 16.0 Å². The van der Waals surface area contributed by atoms with Gasteiger partial charge in [-0.05, 0) is 49.8 Å². The molecule has 2 aromatic heterocycles. The fourth-order valence-corrected chi connectivity index (χ4v) is 3.49. The average Bonchev–Trinajstić information content (AvgIpc) is 3.25. The van der Waals surface area contributed by atoms with Crippen LogP contribution in [0.1, 0.15) is 16.6 Å². The van der Waals surface area contributed by atoms with Gasteiger partial charge in [0.25, 0.3) is 0 Å². The van der Waals surface area contributed by atoms with E-state index in [1.807, 2.05) is 32.3 Å². The Balaban J connectivity index is 1.80. The number of aromatic nitrogens is 1. The number of hydrogen-bond donors (Lipinski definition) is 1. The predicted octanol–water partition coefficient (Wildman–Crippen LogP) is 4.64. The van der Waals surface area contributed by atoms with Gasteiger partial charge in [-0.2, -0.15) is 10.2 Å². The molecule has 0 spiro atoms. The highest BCUT2D eigenvalue weighted by atomic mass is 35.5. The summed E-state index contributed by atoms with van der Waals surface area (Å²) < 4.78 is 5.78. The first-order valence-electron chi connectivity index (χ1n) is 7.69. The Labute approximate surface area is 155 Å². The van der Waals surface area contributed by atoms with Crippen LogP contribution in [0, 0.1) is 11.3 Å². The molecule has 0 radical (unpaired) electrons. The van der Waals surface area contributed by atoms with Crippen LogP contribution in [0.25, 0.3) is 11.5 Å². The monoisotopic (exact) mass is 372 g/mol. The van der Waals surface area contributed by atoms with Crippen molar-refractivity contribution in [2.45, 2.75) is 6.04 Å². The summed E-state index contributed by atoms with van der Waals surface area (Å²) in [5, 5.41) is 15.3. The molecule has 7 heteroatoms. The van der Waals surface area contributed by atoms with Crippen LogP contribution in [-0.4, -0.2) is 30.5 Å². The van der Waals surface area contributed by atoms with Gasteiger partial charge in [0, 0.05) is 22.0 Å². The Kier molecular flexibility index (Phi) is 5.39. The molecule has 0 saturated carbocycles. The van der Waals surface area contributed by atoms with Crippen molar-refractivity contribution in [2.75, 3.05) is 26.0 Å². The molecule has 1 unspecified atom stereocenters. The number of benzene rings is 1. The Hall–Kier alpha value is -2.33. The second-order valence-corrected chi connectivity index (χ2v) is 7.11. The normalized spacial score (nSPS) is 12.1. The topological polar surface area (TPSA) is 65.1 Å². The van der Waals surface area contributed by atoms with Gasteiger partial charge in [0.2, 0.25) is 17.5 Å². The number of likely N-dealkylation sites (N-methyl/N-ethyl adjacent to an activating group) is 1. The molecule has 0 aliphatic rings. The minimum Gasteiger partial charge on any atom is -0.419 e. The fraction of sp³-hybridized carbons (Fsp3) is 0.222. The van der Waals surface area contributed by atoms with Crippen molar-refractivity contribution < 1.29 is 4.42 Å². The van der Waals surface area contributed by atoms with Crippen LogP contribution in [-0.2, 0) is 0 Å². The van der Waals surface area contributed by atoms with Crippen LogP contribution in [0.2, 0.25) is 5.02 Å². The molecule has 0 amide bonds. The number of hydrogen-bond acceptors (Lipinski definition) is 6. The summed E-state index contributed by atoms with van der Waals surface area (Å²) in [6.07, 6.45) is 0. The summed E-state index contributed by atoms with van der Waals surface area (Å²) in [7, 11) is 4.05. The number of nitriles is 1. The minimum atomic E-state index is 0.177. The van der Waals surface area contributed by atoms with Crippen LogP contribution in [0.3, 0.4) is 0 Å². The zero-order valence-electron chi connectivity index (χ0n) is 13.9. The molecule has 0 fully saturated rings. The van der Waals surface area contributed by atoms with Gasteiger partial charge in [-0.3, -0.25) is 0 Å². The first kappa shape index (κ1) is 17.5. The third-order valence-corrected chi connectivity index (χ3v) is 5.00. The van der Waals surface area contributed by atoms with Crippen molar-refractivity contribution in [2.24, 2.45) is 0 Å². The van der Waals surface area contributed by atoms with Gasteiger partial charge >= 0.3 is 0 Å². The molecule has 1 aromatic carbocycles. The summed E-state index contributed by atoms with van der Waals surface area (Å²) in [6.45, 7) is 0.609. The SMILES string of the molecule is CN(C)C(CNc1oc(-c2ccc(Cl)cc2)nc1C#N)c1cccs1. The van der Waals surface area contributed by atoms with E-state index in [-0.39, 0.29) is 11.7 Å². The first-order valence-corrected chi connectivity index (χ1v) is 8.95. The summed E-state index contributed by atoms with van der Waals surface area (Å²) in [5.41, 5.74) is 1.02. The molecule has 0 saturated heterocycles. The molecule has 0 aliphatic heterocycles. The smallest absolute Gasteiger partial charge is 0.232 e. The maximum absolute atomic E-state index is 9.34. The van der Waals surface area contributed by atoms with Crippen LogP contribution in [0.15, 0.2) is 46.2 Å². The summed E-state index contributed by atoms with van der Waals surface area (Å²) in [4.78, 5) is 7.64. The van der Waals surface area contributed by atoms with Gasteiger partial charge in [-0.1, -0.05) is 17.7 Å². The lowest BCUT2D eigenvalue weighted by Gasteiger charge is -2.23. The number of halogens is 1. The maximum Gasteiger partial charge on any atom is 0.232 e. The molecule has 3 aromatic rings. The number of oxazole rings is 1. The lowest BCUT2D eigenvalue weighted by Crippen LogP contribution is -2.26. The maximum atomic E-state index is 9.34. The molecule has 3 rings (SSSR count). The van der Waals surface area contributed by atoms with Crippen LogP contribution < -0.4 is 5.32 Å². The van der Waals surface area contributed by atoms with Crippen LogP contribution in [0.4, 0.5) is 5.88 Å². The first-order chi connectivity index (χ1) is 12.1. The van der Waals surface area contributed by atoms with E-state index in [1.165, 1.54) is 4.88 Å². The Morgan fingerprint density at radius 2 is 2.08 bits per heavy atom. The second kappa shape index (κ2) is 7.70. The number of thiophene rings is 1. The van der Waals surface area contributed by atoms with Crippen molar-refractivity contribution in [3.8, 4) is 17.5 Å². The predicted molar refractivity (Wildman–Crippen MR) is 101 cm³/mol. The van der Waals surface area contributed by atoms with Gasteiger partial charge in [-0.15, -0.1) is 11.3 Å².